The fourth-order valence-electron chi connectivity index (χ4n) is 4.33. The van der Waals surface area contributed by atoms with Crippen LogP contribution in [0.5, 0.6) is 0 Å². The van der Waals surface area contributed by atoms with Gasteiger partial charge in [0, 0.05) is 36.4 Å². The number of anilines is 2. The number of amides is 1. The molecule has 4 aromatic rings. The number of rotatable bonds is 5. The summed E-state index contributed by atoms with van der Waals surface area (Å²) in [5, 5.41) is 0. The number of nitrogens with zero attached hydrogens (tertiary/aromatic N) is 4. The molecule has 2 aromatic heterocycles. The summed E-state index contributed by atoms with van der Waals surface area (Å²) >= 11 is 0. The Morgan fingerprint density at radius 1 is 0.767 bits per heavy atom. The Hall–Kier alpha value is -3.86. The third-order valence-electron chi connectivity index (χ3n) is 5.67. The minimum Gasteiger partial charge on any atom is -0.280 e. The van der Waals surface area contributed by atoms with Crippen molar-refractivity contribution in [2.24, 2.45) is 0 Å². The first kappa shape index (κ1) is 18.2. The quantitative estimate of drug-likeness (QED) is 0.509. The van der Waals surface area contributed by atoms with Gasteiger partial charge in [0.05, 0.1) is 11.1 Å². The zero-order valence-electron chi connectivity index (χ0n) is 16.3. The first-order valence-electron chi connectivity index (χ1n) is 9.91. The monoisotopic (exact) mass is 392 g/mol. The lowest BCUT2D eigenvalue weighted by atomic mass is 9.73. The summed E-state index contributed by atoms with van der Waals surface area (Å²) in [4.78, 5) is 28.6. The van der Waals surface area contributed by atoms with Crippen molar-refractivity contribution < 1.29 is 4.79 Å². The van der Waals surface area contributed by atoms with Gasteiger partial charge in [-0.25, -0.2) is 9.97 Å². The van der Waals surface area contributed by atoms with E-state index in [9.17, 15) is 4.79 Å². The molecule has 0 bridgehead atoms. The van der Waals surface area contributed by atoms with Gasteiger partial charge in [-0.1, -0.05) is 36.4 Å². The Balaban J connectivity index is 1.70. The van der Waals surface area contributed by atoms with Gasteiger partial charge in [-0.05, 0) is 53.9 Å². The largest absolute Gasteiger partial charge is 0.280 e. The molecule has 30 heavy (non-hydrogen) atoms. The normalized spacial score (nSPS) is 17.7. The molecule has 0 radical (unpaired) electrons. The summed E-state index contributed by atoms with van der Waals surface area (Å²) in [5.74, 6) is 0.0605. The molecule has 3 heterocycles. The van der Waals surface area contributed by atoms with Crippen molar-refractivity contribution in [3.8, 4) is 0 Å². The van der Waals surface area contributed by atoms with Gasteiger partial charge in [-0.2, -0.15) is 0 Å². The molecule has 1 aliphatic rings. The van der Waals surface area contributed by atoms with Crippen LogP contribution in [0.3, 0.4) is 0 Å². The topological polar surface area (TPSA) is 59.0 Å². The van der Waals surface area contributed by atoms with Crippen molar-refractivity contribution in [3.05, 3.63) is 115 Å². The lowest BCUT2D eigenvalue weighted by molar-refractivity contribution is -0.122. The highest BCUT2D eigenvalue weighted by Gasteiger charge is 2.51. The van der Waals surface area contributed by atoms with Gasteiger partial charge in [0.25, 0.3) is 0 Å². The third kappa shape index (κ3) is 3.05. The zero-order chi connectivity index (χ0) is 20.4. The van der Waals surface area contributed by atoms with Crippen molar-refractivity contribution in [1.82, 2.24) is 15.0 Å². The molecule has 5 heteroatoms. The summed E-state index contributed by atoms with van der Waals surface area (Å²) in [6.07, 6.45) is 7.87. The highest BCUT2D eigenvalue weighted by atomic mass is 16.2. The van der Waals surface area contributed by atoms with E-state index >= 15 is 0 Å². The molecule has 2 aromatic carbocycles. The number of carbonyl (C=O) groups excluding carboxylic acids is 1. The SMILES string of the molecule is O=C1N(c2ccccc2)c2ccccc2C1(Cc1ccncc1)Cc1ccncn1. The lowest BCUT2D eigenvalue weighted by Gasteiger charge is -2.29. The van der Waals surface area contributed by atoms with Crippen LogP contribution in [0.4, 0.5) is 11.4 Å². The Bertz CT molecular complexity index is 1120. The number of pyridine rings is 1. The van der Waals surface area contributed by atoms with Gasteiger partial charge >= 0.3 is 0 Å². The van der Waals surface area contributed by atoms with Gasteiger partial charge in [0.15, 0.2) is 0 Å². The van der Waals surface area contributed by atoms with E-state index in [1.54, 1.807) is 18.6 Å². The van der Waals surface area contributed by atoms with Crippen LogP contribution in [0.25, 0.3) is 0 Å². The predicted molar refractivity (Wildman–Crippen MR) is 115 cm³/mol. The van der Waals surface area contributed by atoms with E-state index in [0.717, 1.165) is 28.2 Å². The molecular formula is C25H20N4O. The summed E-state index contributed by atoms with van der Waals surface area (Å²) in [5.41, 5.74) is 3.97. The molecule has 1 unspecified atom stereocenters. The molecular weight excluding hydrogens is 372 g/mol. The Morgan fingerprint density at radius 2 is 1.50 bits per heavy atom. The molecule has 0 fully saturated rings. The van der Waals surface area contributed by atoms with Crippen molar-refractivity contribution in [3.63, 3.8) is 0 Å². The van der Waals surface area contributed by atoms with Crippen LogP contribution in [-0.4, -0.2) is 20.9 Å². The maximum absolute atomic E-state index is 14.2. The molecule has 0 saturated carbocycles. The number of carbonyl (C=O) groups is 1. The molecule has 0 saturated heterocycles. The van der Waals surface area contributed by atoms with E-state index < -0.39 is 5.41 Å². The second-order valence-corrected chi connectivity index (χ2v) is 7.49. The predicted octanol–water partition coefficient (Wildman–Crippen LogP) is 4.27. The number of aromatic nitrogens is 3. The molecule has 0 spiro atoms. The van der Waals surface area contributed by atoms with Crippen LogP contribution in [0.2, 0.25) is 0 Å². The van der Waals surface area contributed by atoms with Crippen LogP contribution in [0.15, 0.2) is 97.7 Å². The minimum absolute atomic E-state index is 0.0605. The van der Waals surface area contributed by atoms with Crippen molar-refractivity contribution in [2.45, 2.75) is 18.3 Å². The van der Waals surface area contributed by atoms with Gasteiger partial charge in [0.2, 0.25) is 5.91 Å². The van der Waals surface area contributed by atoms with Gasteiger partial charge in [-0.3, -0.25) is 14.7 Å². The van der Waals surface area contributed by atoms with E-state index in [1.807, 2.05) is 71.6 Å². The van der Waals surface area contributed by atoms with E-state index in [4.69, 9.17) is 0 Å². The number of fused-ring (bicyclic) bond motifs is 1. The first-order chi connectivity index (χ1) is 14.8. The molecule has 1 aliphatic heterocycles. The smallest absolute Gasteiger partial charge is 0.243 e. The number of hydrogen-bond acceptors (Lipinski definition) is 4. The van der Waals surface area contributed by atoms with Crippen molar-refractivity contribution >= 4 is 17.3 Å². The van der Waals surface area contributed by atoms with Crippen LogP contribution < -0.4 is 4.90 Å². The van der Waals surface area contributed by atoms with Gasteiger partial charge < -0.3 is 0 Å². The summed E-state index contributed by atoms with van der Waals surface area (Å²) in [6.45, 7) is 0. The zero-order valence-corrected chi connectivity index (χ0v) is 16.3. The number of benzene rings is 2. The fraction of sp³-hybridized carbons (Fsp3) is 0.120. The Labute approximate surface area is 175 Å². The van der Waals surface area contributed by atoms with E-state index in [1.165, 1.54) is 6.33 Å². The maximum atomic E-state index is 14.2. The molecule has 5 rings (SSSR count). The maximum Gasteiger partial charge on any atom is 0.243 e. The second kappa shape index (κ2) is 7.52. The Kier molecular flexibility index (Phi) is 4.56. The average molecular weight is 392 g/mol. The van der Waals surface area contributed by atoms with Crippen LogP contribution >= 0.6 is 0 Å². The first-order valence-corrected chi connectivity index (χ1v) is 9.91. The molecule has 0 N–H and O–H groups in total. The van der Waals surface area contributed by atoms with E-state index in [-0.39, 0.29) is 5.91 Å². The summed E-state index contributed by atoms with van der Waals surface area (Å²) in [6, 6.07) is 23.7. The van der Waals surface area contributed by atoms with Crippen LogP contribution in [-0.2, 0) is 23.1 Å². The molecule has 0 aliphatic carbocycles. The standard InChI is InChI=1S/C25H20N4O/c30-24-25(16-19-10-13-26-14-11-19,17-20-12-15-27-18-28-20)22-8-4-5-9-23(22)29(24)21-6-2-1-3-7-21/h1-15,18H,16-17H2. The summed E-state index contributed by atoms with van der Waals surface area (Å²) in [7, 11) is 0. The fourth-order valence-corrected chi connectivity index (χ4v) is 4.33. The van der Waals surface area contributed by atoms with Crippen LogP contribution in [0.1, 0.15) is 16.8 Å². The lowest BCUT2D eigenvalue weighted by Crippen LogP contribution is -2.42. The number of hydrogen-bond donors (Lipinski definition) is 0. The van der Waals surface area contributed by atoms with Crippen molar-refractivity contribution in [2.75, 3.05) is 4.90 Å². The second-order valence-electron chi connectivity index (χ2n) is 7.49. The average Bonchev–Trinajstić information content (AvgIpc) is 3.04. The van der Waals surface area contributed by atoms with E-state index in [0.29, 0.717) is 12.8 Å². The molecule has 5 nitrogen and oxygen atoms in total. The highest BCUT2D eigenvalue weighted by Crippen LogP contribution is 2.48. The number of para-hydroxylation sites is 2. The van der Waals surface area contributed by atoms with Crippen molar-refractivity contribution in [1.29, 1.82) is 0 Å². The Morgan fingerprint density at radius 3 is 2.27 bits per heavy atom. The van der Waals surface area contributed by atoms with Gasteiger partial charge in [0.1, 0.15) is 6.33 Å². The third-order valence-corrected chi connectivity index (χ3v) is 5.67. The molecule has 146 valence electrons. The highest BCUT2D eigenvalue weighted by molar-refractivity contribution is 6.13. The van der Waals surface area contributed by atoms with Gasteiger partial charge in [-0.15, -0.1) is 0 Å². The van der Waals surface area contributed by atoms with Crippen LogP contribution in [0, 0.1) is 0 Å². The molecule has 1 atom stereocenters. The summed E-state index contributed by atoms with van der Waals surface area (Å²) < 4.78 is 0. The van der Waals surface area contributed by atoms with E-state index in [2.05, 4.69) is 21.0 Å². The minimum atomic E-state index is -0.762. The molecule has 1 amide bonds.